The molecule has 0 fully saturated rings. The average Bonchev–Trinajstić information content (AvgIpc) is 2.25. The van der Waals surface area contributed by atoms with E-state index in [0.717, 1.165) is 6.19 Å². The summed E-state index contributed by atoms with van der Waals surface area (Å²) in [7, 11) is 3.27. The molecule has 1 atom stereocenters. The molecule has 0 heterocycles. The number of likely N-dealkylation sites (N-methyl/N-ethyl adjacent to an activating group) is 1. The molecule has 0 saturated heterocycles. The van der Waals surface area contributed by atoms with E-state index in [2.05, 4.69) is 0 Å². The Kier molecular flexibility index (Phi) is 7.54. The second-order valence-electron chi connectivity index (χ2n) is 4.26. The minimum Gasteiger partial charge on any atom is -0.463 e. The number of esters is 1. The number of carbonyl (C=O) groups is 2. The van der Waals surface area contributed by atoms with Gasteiger partial charge in [-0.1, -0.05) is 19.9 Å². The molecular formula is C12H21BNO3. The highest BCUT2D eigenvalue weighted by molar-refractivity contribution is 6.64. The Balaban J connectivity index is 4.78. The van der Waals surface area contributed by atoms with Crippen LogP contribution in [0, 0.1) is 5.92 Å². The van der Waals surface area contributed by atoms with Crippen molar-refractivity contribution in [2.45, 2.75) is 33.7 Å². The molecule has 0 bridgehead atoms. The zero-order chi connectivity index (χ0) is 13.4. The zero-order valence-electron chi connectivity index (χ0n) is 11.3. The van der Waals surface area contributed by atoms with E-state index in [1.165, 1.54) is 7.41 Å². The maximum Gasteiger partial charge on any atom is 0.333 e. The van der Waals surface area contributed by atoms with Gasteiger partial charge in [-0.25, -0.2) is 4.79 Å². The summed E-state index contributed by atoms with van der Waals surface area (Å²) < 4.78 is 4.92. The molecule has 0 aliphatic heterocycles. The lowest BCUT2D eigenvalue weighted by Crippen LogP contribution is -2.38. The van der Waals surface area contributed by atoms with Crippen LogP contribution in [0.15, 0.2) is 11.6 Å². The molecule has 1 radical (unpaired) electrons. The lowest BCUT2D eigenvalue weighted by Gasteiger charge is -2.27. The van der Waals surface area contributed by atoms with Gasteiger partial charge in [0.15, 0.2) is 0 Å². The molecule has 0 amide bonds. The number of carbonyl (C=O) groups excluding carboxylic acids is 2. The van der Waals surface area contributed by atoms with Crippen molar-refractivity contribution >= 4 is 19.6 Å². The summed E-state index contributed by atoms with van der Waals surface area (Å²) in [4.78, 5) is 23.7. The van der Waals surface area contributed by atoms with E-state index in [0.29, 0.717) is 18.1 Å². The Bertz CT molecular complexity index is 289. The minimum absolute atomic E-state index is 0.00426. The van der Waals surface area contributed by atoms with Gasteiger partial charge in [-0.15, -0.1) is 0 Å². The molecule has 4 nitrogen and oxygen atoms in total. The van der Waals surface area contributed by atoms with Gasteiger partial charge in [-0.2, -0.15) is 0 Å². The Morgan fingerprint density at radius 1 is 1.47 bits per heavy atom. The van der Waals surface area contributed by atoms with Crippen LogP contribution in [-0.4, -0.2) is 44.1 Å². The van der Waals surface area contributed by atoms with Gasteiger partial charge in [0, 0.05) is 11.6 Å². The molecule has 0 aromatic carbocycles. The molecule has 95 valence electrons. The normalized spacial score (nSPS) is 13.7. The molecule has 0 rings (SSSR count). The van der Waals surface area contributed by atoms with E-state index in [1.54, 1.807) is 18.7 Å². The molecule has 0 aromatic heterocycles. The molecule has 5 heteroatoms. The molecule has 17 heavy (non-hydrogen) atoms. The smallest absolute Gasteiger partial charge is 0.333 e. The molecule has 0 aromatic rings. The van der Waals surface area contributed by atoms with Gasteiger partial charge in [-0.05, 0) is 26.8 Å². The summed E-state index contributed by atoms with van der Waals surface area (Å²) >= 11 is 0. The second-order valence-corrected chi connectivity index (χ2v) is 4.26. The molecule has 0 unspecified atom stereocenters. The van der Waals surface area contributed by atoms with Crippen LogP contribution >= 0.6 is 0 Å². The van der Waals surface area contributed by atoms with Gasteiger partial charge in [-0.3, -0.25) is 0 Å². The predicted molar refractivity (Wildman–Crippen MR) is 69.3 cm³/mol. The minimum atomic E-state index is -0.308. The third-order valence-corrected chi connectivity index (χ3v) is 2.47. The first-order valence-corrected chi connectivity index (χ1v) is 5.80. The van der Waals surface area contributed by atoms with Crippen molar-refractivity contribution in [3.8, 4) is 0 Å². The Labute approximate surface area is 104 Å². The summed E-state index contributed by atoms with van der Waals surface area (Å²) in [5.74, 6) is -0.0155. The van der Waals surface area contributed by atoms with Gasteiger partial charge in [0.2, 0.25) is 0 Å². The van der Waals surface area contributed by atoms with Gasteiger partial charge in [0.25, 0.3) is 7.41 Å². The van der Waals surface area contributed by atoms with Crippen molar-refractivity contribution in [3.05, 3.63) is 11.6 Å². The largest absolute Gasteiger partial charge is 0.463 e. The lowest BCUT2D eigenvalue weighted by atomic mass is 9.88. The summed E-state index contributed by atoms with van der Waals surface area (Å²) in [6.07, 6.45) is 2.57. The Morgan fingerprint density at radius 3 is 2.47 bits per heavy atom. The fourth-order valence-electron chi connectivity index (χ4n) is 1.54. The van der Waals surface area contributed by atoms with Crippen molar-refractivity contribution in [2.24, 2.45) is 5.92 Å². The van der Waals surface area contributed by atoms with E-state index in [9.17, 15) is 9.59 Å². The molecule has 0 aliphatic rings. The predicted octanol–water partition coefficient (Wildman–Crippen LogP) is 1.26. The SMILES string of the molecule is CCOC(=O)C(C)=C[C@H](C(C)C)N(C)[B]C=O. The lowest BCUT2D eigenvalue weighted by molar-refractivity contribution is -0.138. The highest BCUT2D eigenvalue weighted by atomic mass is 16.5. The molecule has 0 saturated carbocycles. The number of rotatable bonds is 7. The Morgan fingerprint density at radius 2 is 2.06 bits per heavy atom. The fraction of sp³-hybridized carbons (Fsp3) is 0.667. The van der Waals surface area contributed by atoms with Crippen LogP contribution in [0.4, 0.5) is 0 Å². The summed E-state index contributed by atoms with van der Waals surface area (Å²) in [5, 5.41) is 0. The number of ether oxygens (including phenoxy) is 1. The number of nitrogens with zero attached hydrogens (tertiary/aromatic N) is 1. The quantitative estimate of drug-likeness (QED) is 0.290. The second kappa shape index (κ2) is 8.06. The van der Waals surface area contributed by atoms with Gasteiger partial charge in [0.05, 0.1) is 12.8 Å². The van der Waals surface area contributed by atoms with Crippen LogP contribution in [0.2, 0.25) is 0 Å². The maximum atomic E-state index is 11.5. The van der Waals surface area contributed by atoms with Gasteiger partial charge < -0.3 is 14.3 Å². The van der Waals surface area contributed by atoms with Crippen LogP contribution in [0.25, 0.3) is 0 Å². The van der Waals surface area contributed by atoms with Gasteiger partial charge in [0.1, 0.15) is 0 Å². The van der Waals surface area contributed by atoms with Crippen molar-refractivity contribution < 1.29 is 14.3 Å². The summed E-state index contributed by atoms with van der Waals surface area (Å²) in [6, 6.07) is 0.00426. The summed E-state index contributed by atoms with van der Waals surface area (Å²) in [6.45, 7) is 7.94. The van der Waals surface area contributed by atoms with Crippen molar-refractivity contribution in [3.63, 3.8) is 0 Å². The van der Waals surface area contributed by atoms with Crippen LogP contribution in [0.5, 0.6) is 0 Å². The molecule has 0 spiro atoms. The van der Waals surface area contributed by atoms with Crippen molar-refractivity contribution in [1.82, 2.24) is 4.81 Å². The first-order chi connectivity index (χ1) is 7.93. The topological polar surface area (TPSA) is 46.6 Å². The van der Waals surface area contributed by atoms with Crippen LogP contribution in [0.3, 0.4) is 0 Å². The third kappa shape index (κ3) is 5.68. The first kappa shape index (κ1) is 15.9. The monoisotopic (exact) mass is 238 g/mol. The zero-order valence-corrected chi connectivity index (χ0v) is 11.3. The summed E-state index contributed by atoms with van der Waals surface area (Å²) in [5.41, 5.74) is 0.566. The van der Waals surface area contributed by atoms with E-state index in [1.807, 2.05) is 27.0 Å². The Hall–Kier alpha value is -1.10. The van der Waals surface area contributed by atoms with E-state index in [-0.39, 0.29) is 12.0 Å². The van der Waals surface area contributed by atoms with E-state index >= 15 is 0 Å². The van der Waals surface area contributed by atoms with Crippen molar-refractivity contribution in [1.29, 1.82) is 0 Å². The van der Waals surface area contributed by atoms with Crippen LogP contribution in [0.1, 0.15) is 27.7 Å². The highest BCUT2D eigenvalue weighted by Gasteiger charge is 2.18. The highest BCUT2D eigenvalue weighted by Crippen LogP contribution is 2.12. The molecule has 0 aliphatic carbocycles. The average molecular weight is 238 g/mol. The van der Waals surface area contributed by atoms with Gasteiger partial charge >= 0.3 is 5.97 Å². The first-order valence-electron chi connectivity index (χ1n) is 5.80. The third-order valence-electron chi connectivity index (χ3n) is 2.47. The van der Waals surface area contributed by atoms with Crippen molar-refractivity contribution in [2.75, 3.05) is 13.7 Å². The number of hydrogen-bond acceptors (Lipinski definition) is 4. The molecule has 0 N–H and O–H groups in total. The van der Waals surface area contributed by atoms with Crippen LogP contribution < -0.4 is 0 Å². The van der Waals surface area contributed by atoms with E-state index in [4.69, 9.17) is 4.74 Å². The fourth-order valence-corrected chi connectivity index (χ4v) is 1.54. The van der Waals surface area contributed by atoms with Crippen LogP contribution in [-0.2, 0) is 14.3 Å². The number of hydrogen-bond donors (Lipinski definition) is 0. The van der Waals surface area contributed by atoms with E-state index < -0.39 is 0 Å². The molecular weight excluding hydrogens is 217 g/mol. The standard InChI is InChI=1S/C12H21BNO3/c1-6-17-12(16)10(4)7-11(9(2)3)14(5)13-8-15/h7-9,11H,6H2,1-5H3/t11-/m1/s1. The maximum absolute atomic E-state index is 11.5.